The Kier molecular flexibility index (Phi) is 3.53. The first-order valence-corrected chi connectivity index (χ1v) is 7.77. The SMILES string of the molecule is CC(C)n1nc2c(c1OC(=O)c1ccccc1)CSC2. The Labute approximate surface area is 122 Å². The van der Waals surface area contributed by atoms with Crippen LogP contribution in [0.1, 0.15) is 41.5 Å². The van der Waals surface area contributed by atoms with E-state index in [0.717, 1.165) is 22.8 Å². The fraction of sp³-hybridized carbons (Fsp3) is 0.333. The maximum atomic E-state index is 12.2. The highest BCUT2D eigenvalue weighted by Gasteiger charge is 2.26. The van der Waals surface area contributed by atoms with Crippen LogP contribution in [0.25, 0.3) is 0 Å². The fourth-order valence-corrected chi connectivity index (χ4v) is 3.21. The number of esters is 1. The average molecular weight is 288 g/mol. The van der Waals surface area contributed by atoms with Gasteiger partial charge in [-0.15, -0.1) is 0 Å². The first kappa shape index (κ1) is 13.2. The third kappa shape index (κ3) is 2.33. The van der Waals surface area contributed by atoms with Gasteiger partial charge in [-0.2, -0.15) is 16.9 Å². The van der Waals surface area contributed by atoms with Crippen molar-refractivity contribution in [2.75, 3.05) is 0 Å². The molecule has 0 saturated carbocycles. The zero-order chi connectivity index (χ0) is 14.1. The first-order valence-electron chi connectivity index (χ1n) is 6.62. The number of rotatable bonds is 3. The van der Waals surface area contributed by atoms with Crippen molar-refractivity contribution in [2.24, 2.45) is 0 Å². The average Bonchev–Trinajstić information content (AvgIpc) is 3.02. The van der Waals surface area contributed by atoms with Gasteiger partial charge in [-0.05, 0) is 26.0 Å². The van der Waals surface area contributed by atoms with E-state index in [1.54, 1.807) is 23.9 Å². The third-order valence-corrected chi connectivity index (χ3v) is 4.19. The highest BCUT2D eigenvalue weighted by Crippen LogP contribution is 2.37. The van der Waals surface area contributed by atoms with Crippen molar-refractivity contribution in [3.8, 4) is 5.88 Å². The van der Waals surface area contributed by atoms with Crippen molar-refractivity contribution < 1.29 is 9.53 Å². The van der Waals surface area contributed by atoms with E-state index in [9.17, 15) is 4.79 Å². The molecule has 2 aromatic rings. The highest BCUT2D eigenvalue weighted by molar-refractivity contribution is 7.98. The largest absolute Gasteiger partial charge is 0.404 e. The number of ether oxygens (including phenoxy) is 1. The lowest BCUT2D eigenvalue weighted by Gasteiger charge is -2.12. The topological polar surface area (TPSA) is 44.1 Å². The second-order valence-corrected chi connectivity index (χ2v) is 6.00. The van der Waals surface area contributed by atoms with Gasteiger partial charge in [0.15, 0.2) is 0 Å². The number of fused-ring (bicyclic) bond motifs is 1. The summed E-state index contributed by atoms with van der Waals surface area (Å²) >= 11 is 1.80. The van der Waals surface area contributed by atoms with E-state index in [0.29, 0.717) is 11.4 Å². The molecular weight excluding hydrogens is 272 g/mol. The summed E-state index contributed by atoms with van der Waals surface area (Å²) in [5.41, 5.74) is 2.66. The summed E-state index contributed by atoms with van der Waals surface area (Å²) in [5, 5.41) is 4.56. The molecule has 20 heavy (non-hydrogen) atoms. The van der Waals surface area contributed by atoms with Crippen molar-refractivity contribution in [1.82, 2.24) is 9.78 Å². The van der Waals surface area contributed by atoms with Crippen molar-refractivity contribution in [3.05, 3.63) is 47.2 Å². The van der Waals surface area contributed by atoms with Gasteiger partial charge in [0.2, 0.25) is 5.88 Å². The molecule has 0 aliphatic carbocycles. The summed E-state index contributed by atoms with van der Waals surface area (Å²) in [6.07, 6.45) is 0. The van der Waals surface area contributed by atoms with Crippen LogP contribution in [-0.2, 0) is 11.5 Å². The normalized spacial score (nSPS) is 13.6. The van der Waals surface area contributed by atoms with Gasteiger partial charge >= 0.3 is 5.97 Å². The molecule has 0 saturated heterocycles. The summed E-state index contributed by atoms with van der Waals surface area (Å²) < 4.78 is 7.43. The Hall–Kier alpha value is -1.75. The summed E-state index contributed by atoms with van der Waals surface area (Å²) in [7, 11) is 0. The molecule has 2 heterocycles. The zero-order valence-corrected chi connectivity index (χ0v) is 12.3. The van der Waals surface area contributed by atoms with E-state index in [-0.39, 0.29) is 12.0 Å². The molecule has 0 atom stereocenters. The second kappa shape index (κ2) is 5.32. The number of hydrogen-bond acceptors (Lipinski definition) is 4. The van der Waals surface area contributed by atoms with E-state index in [2.05, 4.69) is 5.10 Å². The van der Waals surface area contributed by atoms with Crippen LogP contribution in [0.4, 0.5) is 0 Å². The van der Waals surface area contributed by atoms with Crippen molar-refractivity contribution >= 4 is 17.7 Å². The molecule has 1 aromatic carbocycles. The summed E-state index contributed by atoms with van der Waals surface area (Å²) in [6, 6.07) is 9.22. The van der Waals surface area contributed by atoms with Gasteiger partial charge in [-0.3, -0.25) is 0 Å². The molecule has 0 spiro atoms. The third-order valence-electron chi connectivity index (χ3n) is 3.22. The number of nitrogens with zero attached hydrogens (tertiary/aromatic N) is 2. The molecule has 104 valence electrons. The Bertz CT molecular complexity index is 635. The van der Waals surface area contributed by atoms with Crippen molar-refractivity contribution in [1.29, 1.82) is 0 Å². The number of benzene rings is 1. The minimum Gasteiger partial charge on any atom is -0.404 e. The number of thioether (sulfide) groups is 1. The van der Waals surface area contributed by atoms with Crippen molar-refractivity contribution in [3.63, 3.8) is 0 Å². The molecular formula is C15H16N2O2S. The number of carbonyl (C=O) groups excluding carboxylic acids is 1. The molecule has 4 nitrogen and oxygen atoms in total. The van der Waals surface area contributed by atoms with E-state index in [4.69, 9.17) is 4.74 Å². The summed E-state index contributed by atoms with van der Waals surface area (Å²) in [5.74, 6) is 2.03. The quantitative estimate of drug-likeness (QED) is 0.812. The van der Waals surface area contributed by atoms with E-state index in [1.807, 2.05) is 36.7 Å². The summed E-state index contributed by atoms with van der Waals surface area (Å²) in [4.78, 5) is 12.2. The number of hydrogen-bond donors (Lipinski definition) is 0. The Morgan fingerprint density at radius 2 is 2.05 bits per heavy atom. The van der Waals surface area contributed by atoms with Crippen molar-refractivity contribution in [2.45, 2.75) is 31.4 Å². The maximum Gasteiger partial charge on any atom is 0.344 e. The molecule has 0 amide bonds. The van der Waals surface area contributed by atoms with Crippen LogP contribution in [0.5, 0.6) is 5.88 Å². The van der Waals surface area contributed by atoms with Crippen LogP contribution < -0.4 is 4.74 Å². The molecule has 3 rings (SSSR count). The molecule has 0 unspecified atom stereocenters. The fourth-order valence-electron chi connectivity index (χ4n) is 2.19. The van der Waals surface area contributed by atoms with Crippen LogP contribution in [0.3, 0.4) is 0 Å². The summed E-state index contributed by atoms with van der Waals surface area (Å²) in [6.45, 7) is 4.07. The van der Waals surface area contributed by atoms with Gasteiger partial charge in [0.25, 0.3) is 0 Å². The van der Waals surface area contributed by atoms with E-state index >= 15 is 0 Å². The lowest BCUT2D eigenvalue weighted by Crippen LogP contribution is -2.14. The lowest BCUT2D eigenvalue weighted by molar-refractivity contribution is 0.0714. The molecule has 0 fully saturated rings. The standard InChI is InChI=1S/C15H16N2O2S/c1-10(2)17-14(12-8-20-9-13(12)16-17)19-15(18)11-6-4-3-5-7-11/h3-7,10H,8-9H2,1-2H3. The van der Waals surface area contributed by atoms with Gasteiger partial charge < -0.3 is 4.74 Å². The smallest absolute Gasteiger partial charge is 0.344 e. The highest BCUT2D eigenvalue weighted by atomic mass is 32.2. The number of aromatic nitrogens is 2. The Balaban J connectivity index is 1.93. The van der Waals surface area contributed by atoms with Crippen LogP contribution >= 0.6 is 11.8 Å². The van der Waals surface area contributed by atoms with Gasteiger partial charge in [-0.1, -0.05) is 18.2 Å². The van der Waals surface area contributed by atoms with E-state index < -0.39 is 0 Å². The predicted molar refractivity (Wildman–Crippen MR) is 79.0 cm³/mol. The van der Waals surface area contributed by atoms with Gasteiger partial charge in [-0.25, -0.2) is 9.48 Å². The Morgan fingerprint density at radius 1 is 1.30 bits per heavy atom. The molecule has 1 aliphatic rings. The second-order valence-electron chi connectivity index (χ2n) is 5.02. The minimum atomic E-state index is -0.327. The monoisotopic (exact) mass is 288 g/mol. The molecule has 0 radical (unpaired) electrons. The molecule has 1 aromatic heterocycles. The zero-order valence-electron chi connectivity index (χ0n) is 11.5. The molecule has 0 N–H and O–H groups in total. The predicted octanol–water partition coefficient (Wildman–Crippen LogP) is 3.43. The van der Waals surface area contributed by atoms with Crippen LogP contribution in [0, 0.1) is 0 Å². The van der Waals surface area contributed by atoms with Gasteiger partial charge in [0, 0.05) is 17.1 Å². The lowest BCUT2D eigenvalue weighted by atomic mass is 10.2. The first-order chi connectivity index (χ1) is 9.66. The van der Waals surface area contributed by atoms with Crippen LogP contribution in [0.2, 0.25) is 0 Å². The van der Waals surface area contributed by atoms with E-state index in [1.165, 1.54) is 0 Å². The molecule has 1 aliphatic heterocycles. The molecule has 5 heteroatoms. The Morgan fingerprint density at radius 3 is 2.75 bits per heavy atom. The van der Waals surface area contributed by atoms with Gasteiger partial charge in [0.05, 0.1) is 17.3 Å². The maximum absolute atomic E-state index is 12.2. The van der Waals surface area contributed by atoms with Crippen LogP contribution in [0.15, 0.2) is 30.3 Å². The van der Waals surface area contributed by atoms with Crippen LogP contribution in [-0.4, -0.2) is 15.7 Å². The number of carbonyl (C=O) groups is 1. The minimum absolute atomic E-state index is 0.171. The molecule has 0 bridgehead atoms. The van der Waals surface area contributed by atoms with Gasteiger partial charge in [0.1, 0.15) is 0 Å².